The molecule has 0 aliphatic rings. The number of nitrogens with one attached hydrogen (secondary N) is 2. The Morgan fingerprint density at radius 3 is 2.40 bits per heavy atom. The van der Waals surface area contributed by atoms with E-state index in [4.69, 9.17) is 4.74 Å². The van der Waals surface area contributed by atoms with E-state index in [9.17, 15) is 13.2 Å². The molecule has 134 valence electrons. The highest BCUT2D eigenvalue weighted by atomic mass is 32.2. The molecular weight excluding hydrogens is 340 g/mol. The number of hydrogen-bond acceptors (Lipinski definition) is 4. The second-order valence-electron chi connectivity index (χ2n) is 5.83. The molecule has 7 heteroatoms. The van der Waals surface area contributed by atoms with Crippen LogP contribution in [0.5, 0.6) is 5.75 Å². The van der Waals surface area contributed by atoms with E-state index in [1.807, 2.05) is 24.3 Å². The molecule has 0 radical (unpaired) electrons. The Bertz CT molecular complexity index is 830. The zero-order valence-electron chi connectivity index (χ0n) is 14.4. The van der Waals surface area contributed by atoms with Crippen LogP contribution in [0.4, 0.5) is 0 Å². The van der Waals surface area contributed by atoms with Gasteiger partial charge in [-0.15, -0.1) is 0 Å². The van der Waals surface area contributed by atoms with E-state index in [1.165, 1.54) is 24.3 Å². The molecule has 0 spiro atoms. The molecule has 0 atom stereocenters. The first-order valence-corrected chi connectivity index (χ1v) is 9.33. The molecule has 0 aromatic heterocycles. The average Bonchev–Trinajstić information content (AvgIpc) is 2.59. The fourth-order valence-corrected chi connectivity index (χ4v) is 3.48. The molecular formula is C18H22N2O4S. The van der Waals surface area contributed by atoms with Gasteiger partial charge in [0, 0.05) is 18.2 Å². The zero-order chi connectivity index (χ0) is 18.4. The number of ether oxygens (including phenoxy) is 1. The first-order chi connectivity index (χ1) is 11.8. The van der Waals surface area contributed by atoms with Gasteiger partial charge in [-0.25, -0.2) is 13.1 Å². The predicted molar refractivity (Wildman–Crippen MR) is 96.1 cm³/mol. The lowest BCUT2D eigenvalue weighted by atomic mass is 10.2. The van der Waals surface area contributed by atoms with E-state index in [-0.39, 0.29) is 16.8 Å². The Balaban J connectivity index is 2.03. The number of methoxy groups -OCH3 is 1. The molecule has 2 rings (SSSR count). The molecule has 0 saturated carbocycles. The molecule has 0 bridgehead atoms. The van der Waals surface area contributed by atoms with Gasteiger partial charge in [-0.2, -0.15) is 0 Å². The molecule has 0 unspecified atom stereocenters. The number of rotatable bonds is 7. The maximum Gasteiger partial charge on any atom is 0.251 e. The zero-order valence-corrected chi connectivity index (χ0v) is 15.3. The van der Waals surface area contributed by atoms with Crippen molar-refractivity contribution in [3.8, 4) is 5.75 Å². The number of carbonyl (C=O) groups excluding carboxylic acids is 1. The van der Waals surface area contributed by atoms with Crippen molar-refractivity contribution >= 4 is 15.9 Å². The SMILES string of the molecule is COc1cccc(CNC(=O)c2ccc(S(=O)(=O)NC(C)C)cc2)c1. The van der Waals surface area contributed by atoms with Gasteiger partial charge in [0.2, 0.25) is 10.0 Å². The molecule has 2 aromatic rings. The lowest BCUT2D eigenvalue weighted by Gasteiger charge is -2.10. The van der Waals surface area contributed by atoms with Crippen LogP contribution in [0.2, 0.25) is 0 Å². The van der Waals surface area contributed by atoms with Gasteiger partial charge in [0.1, 0.15) is 5.75 Å². The van der Waals surface area contributed by atoms with Crippen LogP contribution in [-0.4, -0.2) is 27.5 Å². The van der Waals surface area contributed by atoms with Crippen molar-refractivity contribution in [2.75, 3.05) is 7.11 Å². The summed E-state index contributed by atoms with van der Waals surface area (Å²) in [6, 6.07) is 13.0. The standard InChI is InChI=1S/C18H22N2O4S/c1-13(2)20-25(22,23)17-9-7-15(8-10-17)18(21)19-12-14-5-4-6-16(11-14)24-3/h4-11,13,20H,12H2,1-3H3,(H,19,21). The number of amides is 1. The molecule has 6 nitrogen and oxygen atoms in total. The number of carbonyl (C=O) groups is 1. The van der Waals surface area contributed by atoms with Crippen LogP contribution in [0.15, 0.2) is 53.4 Å². The Kier molecular flexibility index (Phi) is 6.17. The lowest BCUT2D eigenvalue weighted by molar-refractivity contribution is 0.0950. The van der Waals surface area contributed by atoms with Crippen LogP contribution in [0.3, 0.4) is 0 Å². The Morgan fingerprint density at radius 1 is 1.12 bits per heavy atom. The molecule has 0 fully saturated rings. The van der Waals surface area contributed by atoms with Crippen LogP contribution in [0.25, 0.3) is 0 Å². The molecule has 1 amide bonds. The summed E-state index contributed by atoms with van der Waals surface area (Å²) in [4.78, 5) is 12.3. The van der Waals surface area contributed by atoms with Crippen LogP contribution in [0.1, 0.15) is 29.8 Å². The Hall–Kier alpha value is -2.38. The fraction of sp³-hybridized carbons (Fsp3) is 0.278. The van der Waals surface area contributed by atoms with Crippen LogP contribution >= 0.6 is 0 Å². The summed E-state index contributed by atoms with van der Waals surface area (Å²) in [5, 5.41) is 2.80. The van der Waals surface area contributed by atoms with Crippen molar-refractivity contribution in [2.24, 2.45) is 0 Å². The minimum Gasteiger partial charge on any atom is -0.497 e. The fourth-order valence-electron chi connectivity index (χ4n) is 2.23. The summed E-state index contributed by atoms with van der Waals surface area (Å²) < 4.78 is 31.8. The minimum atomic E-state index is -3.56. The first kappa shape index (κ1) is 19.0. The van der Waals surface area contributed by atoms with Gasteiger partial charge in [-0.05, 0) is 55.8 Å². The average molecular weight is 362 g/mol. The van der Waals surface area contributed by atoms with Gasteiger partial charge in [0.15, 0.2) is 0 Å². The third-order valence-electron chi connectivity index (χ3n) is 3.40. The summed E-state index contributed by atoms with van der Waals surface area (Å²) >= 11 is 0. The van der Waals surface area contributed by atoms with Gasteiger partial charge in [-0.1, -0.05) is 12.1 Å². The number of hydrogen-bond donors (Lipinski definition) is 2. The van der Waals surface area contributed by atoms with E-state index in [2.05, 4.69) is 10.0 Å². The summed E-state index contributed by atoms with van der Waals surface area (Å²) in [5.41, 5.74) is 1.31. The van der Waals surface area contributed by atoms with Crippen molar-refractivity contribution < 1.29 is 17.9 Å². The van der Waals surface area contributed by atoms with E-state index < -0.39 is 10.0 Å². The molecule has 0 heterocycles. The molecule has 2 N–H and O–H groups in total. The van der Waals surface area contributed by atoms with Gasteiger partial charge in [0.05, 0.1) is 12.0 Å². The van der Waals surface area contributed by atoms with Crippen LogP contribution in [-0.2, 0) is 16.6 Å². The molecule has 0 aliphatic heterocycles. The van der Waals surface area contributed by atoms with Crippen molar-refractivity contribution in [3.05, 3.63) is 59.7 Å². The van der Waals surface area contributed by atoms with E-state index in [0.717, 1.165) is 11.3 Å². The topological polar surface area (TPSA) is 84.5 Å². The molecule has 2 aromatic carbocycles. The maximum absolute atomic E-state index is 12.2. The number of sulfonamides is 1. The van der Waals surface area contributed by atoms with Crippen molar-refractivity contribution in [3.63, 3.8) is 0 Å². The Labute approximate surface area is 148 Å². The van der Waals surface area contributed by atoms with Gasteiger partial charge in [-0.3, -0.25) is 4.79 Å². The summed E-state index contributed by atoms with van der Waals surface area (Å²) in [7, 11) is -1.98. The molecule has 0 aliphatic carbocycles. The summed E-state index contributed by atoms with van der Waals surface area (Å²) in [6.45, 7) is 3.85. The highest BCUT2D eigenvalue weighted by molar-refractivity contribution is 7.89. The van der Waals surface area contributed by atoms with Crippen molar-refractivity contribution in [1.29, 1.82) is 0 Å². The molecule has 25 heavy (non-hydrogen) atoms. The molecule has 0 saturated heterocycles. The summed E-state index contributed by atoms with van der Waals surface area (Å²) in [6.07, 6.45) is 0. The van der Waals surface area contributed by atoms with Crippen molar-refractivity contribution in [2.45, 2.75) is 31.3 Å². The maximum atomic E-state index is 12.2. The van der Waals surface area contributed by atoms with Gasteiger partial charge >= 0.3 is 0 Å². The van der Waals surface area contributed by atoms with Crippen LogP contribution < -0.4 is 14.8 Å². The highest BCUT2D eigenvalue weighted by Gasteiger charge is 2.16. The minimum absolute atomic E-state index is 0.130. The predicted octanol–water partition coefficient (Wildman–Crippen LogP) is 2.31. The quantitative estimate of drug-likeness (QED) is 0.792. The first-order valence-electron chi connectivity index (χ1n) is 7.85. The normalized spacial score (nSPS) is 11.4. The van der Waals surface area contributed by atoms with Gasteiger partial charge in [0.25, 0.3) is 5.91 Å². The smallest absolute Gasteiger partial charge is 0.251 e. The lowest BCUT2D eigenvalue weighted by Crippen LogP contribution is -2.30. The van der Waals surface area contributed by atoms with Crippen molar-refractivity contribution in [1.82, 2.24) is 10.0 Å². The van der Waals surface area contributed by atoms with Crippen LogP contribution in [0, 0.1) is 0 Å². The second kappa shape index (κ2) is 8.13. The third-order valence-corrected chi connectivity index (χ3v) is 5.08. The number of benzene rings is 2. The summed E-state index contributed by atoms with van der Waals surface area (Å²) in [5.74, 6) is 0.447. The van der Waals surface area contributed by atoms with Gasteiger partial charge < -0.3 is 10.1 Å². The third kappa shape index (κ3) is 5.30. The monoisotopic (exact) mass is 362 g/mol. The largest absolute Gasteiger partial charge is 0.497 e. The Morgan fingerprint density at radius 2 is 1.80 bits per heavy atom. The highest BCUT2D eigenvalue weighted by Crippen LogP contribution is 2.13. The second-order valence-corrected chi connectivity index (χ2v) is 7.55. The van der Waals surface area contributed by atoms with E-state index in [0.29, 0.717) is 12.1 Å². The van der Waals surface area contributed by atoms with E-state index in [1.54, 1.807) is 21.0 Å². The van der Waals surface area contributed by atoms with E-state index >= 15 is 0 Å².